The summed E-state index contributed by atoms with van der Waals surface area (Å²) in [4.78, 5) is 5.53. The Morgan fingerprint density at radius 3 is 2.82 bits per heavy atom. The average Bonchev–Trinajstić information content (AvgIpc) is 2.59. The molecule has 17 heavy (non-hydrogen) atoms. The van der Waals surface area contributed by atoms with Crippen LogP contribution < -0.4 is 11.1 Å². The lowest BCUT2D eigenvalue weighted by Gasteiger charge is -2.25. The first-order chi connectivity index (χ1) is 7.74. The first-order valence-corrected chi connectivity index (χ1v) is 7.13. The van der Waals surface area contributed by atoms with Crippen LogP contribution in [0.2, 0.25) is 0 Å². The van der Waals surface area contributed by atoms with Crippen molar-refractivity contribution < 1.29 is 0 Å². The first-order valence-electron chi connectivity index (χ1n) is 5.52. The van der Waals surface area contributed by atoms with Crippen molar-refractivity contribution in [2.24, 2.45) is 16.6 Å². The van der Waals surface area contributed by atoms with Crippen LogP contribution in [0.1, 0.15) is 24.1 Å². The Balaban J connectivity index is 0.00000144. The second-order valence-corrected chi connectivity index (χ2v) is 6.63. The minimum Gasteiger partial charge on any atom is -0.370 e. The minimum atomic E-state index is 0. The Bertz CT molecular complexity index is 377. The van der Waals surface area contributed by atoms with Crippen LogP contribution in [-0.4, -0.2) is 12.5 Å². The second kappa shape index (κ2) is 7.58. The summed E-state index contributed by atoms with van der Waals surface area (Å²) in [5.74, 6) is 1.38. The molecule has 0 aliphatic heterocycles. The average molecular weight is 430 g/mol. The number of halogens is 2. The molecule has 0 saturated heterocycles. The molecular formula is C11H17BrIN3S. The van der Waals surface area contributed by atoms with E-state index in [-0.39, 0.29) is 24.0 Å². The first kappa shape index (κ1) is 15.2. The van der Waals surface area contributed by atoms with E-state index in [0.29, 0.717) is 12.5 Å². The molecule has 1 aromatic rings. The van der Waals surface area contributed by atoms with Gasteiger partial charge in [0.2, 0.25) is 0 Å². The van der Waals surface area contributed by atoms with Gasteiger partial charge in [0.1, 0.15) is 0 Å². The number of thiophene rings is 1. The van der Waals surface area contributed by atoms with E-state index in [9.17, 15) is 0 Å². The van der Waals surface area contributed by atoms with E-state index in [1.165, 1.54) is 24.1 Å². The summed E-state index contributed by atoms with van der Waals surface area (Å²) < 4.78 is 1.14. The van der Waals surface area contributed by atoms with Crippen molar-refractivity contribution in [3.05, 3.63) is 20.8 Å². The molecule has 1 aliphatic rings. The van der Waals surface area contributed by atoms with E-state index in [1.807, 2.05) is 6.07 Å². The Morgan fingerprint density at radius 1 is 1.53 bits per heavy atom. The van der Waals surface area contributed by atoms with Crippen molar-refractivity contribution in [3.8, 4) is 0 Å². The van der Waals surface area contributed by atoms with Crippen molar-refractivity contribution in [2.45, 2.75) is 25.8 Å². The molecule has 1 aromatic heterocycles. The van der Waals surface area contributed by atoms with Gasteiger partial charge in [0.05, 0.1) is 10.3 Å². The maximum Gasteiger partial charge on any atom is 0.188 e. The Kier molecular flexibility index (Phi) is 6.79. The molecule has 3 N–H and O–H groups in total. The van der Waals surface area contributed by atoms with Gasteiger partial charge in [0.15, 0.2) is 5.96 Å². The van der Waals surface area contributed by atoms with Gasteiger partial charge in [-0.25, -0.2) is 4.99 Å². The number of nitrogens with zero attached hydrogens (tertiary/aromatic N) is 1. The zero-order valence-electron chi connectivity index (χ0n) is 9.49. The molecular weight excluding hydrogens is 413 g/mol. The predicted molar refractivity (Wildman–Crippen MR) is 88.1 cm³/mol. The number of nitrogens with two attached hydrogens (primary N) is 1. The van der Waals surface area contributed by atoms with E-state index in [0.717, 1.165) is 16.2 Å². The van der Waals surface area contributed by atoms with Crippen molar-refractivity contribution in [3.63, 3.8) is 0 Å². The van der Waals surface area contributed by atoms with E-state index in [4.69, 9.17) is 5.73 Å². The van der Waals surface area contributed by atoms with Crippen LogP contribution in [-0.2, 0) is 6.54 Å². The maximum absolute atomic E-state index is 5.79. The van der Waals surface area contributed by atoms with Crippen molar-refractivity contribution in [1.82, 2.24) is 5.32 Å². The highest BCUT2D eigenvalue weighted by molar-refractivity contribution is 14.0. The molecule has 0 radical (unpaired) electrons. The Labute approximate surface area is 131 Å². The lowest BCUT2D eigenvalue weighted by atomic mass is 9.85. The van der Waals surface area contributed by atoms with Gasteiger partial charge in [-0.2, -0.15) is 0 Å². The monoisotopic (exact) mass is 429 g/mol. The number of hydrogen-bond donors (Lipinski definition) is 2. The zero-order chi connectivity index (χ0) is 11.4. The summed E-state index contributed by atoms with van der Waals surface area (Å²) in [5, 5.41) is 3.18. The van der Waals surface area contributed by atoms with E-state index in [1.54, 1.807) is 11.3 Å². The third-order valence-corrected chi connectivity index (χ3v) is 4.44. The summed E-state index contributed by atoms with van der Waals surface area (Å²) in [6.07, 6.45) is 4.03. The molecule has 6 heteroatoms. The van der Waals surface area contributed by atoms with Gasteiger partial charge in [-0.3, -0.25) is 0 Å². The largest absolute Gasteiger partial charge is 0.370 e. The molecule has 0 aromatic carbocycles. The molecule has 0 unspecified atom stereocenters. The van der Waals surface area contributed by atoms with Crippen LogP contribution in [0.4, 0.5) is 0 Å². The number of rotatable bonds is 4. The number of nitrogens with one attached hydrogen (secondary N) is 1. The SMILES string of the molecule is I.NC(=NCc1ccc(Br)s1)NCC1CCC1. The molecule has 1 saturated carbocycles. The molecule has 2 rings (SSSR count). The van der Waals surface area contributed by atoms with Gasteiger partial charge < -0.3 is 11.1 Å². The van der Waals surface area contributed by atoms with Crippen LogP contribution >= 0.6 is 51.2 Å². The topological polar surface area (TPSA) is 50.4 Å². The fraction of sp³-hybridized carbons (Fsp3) is 0.545. The van der Waals surface area contributed by atoms with E-state index < -0.39 is 0 Å². The molecule has 0 amide bonds. The third-order valence-electron chi connectivity index (χ3n) is 2.83. The minimum absolute atomic E-state index is 0. The fourth-order valence-electron chi connectivity index (χ4n) is 1.60. The fourth-order valence-corrected chi connectivity index (χ4v) is 3.01. The van der Waals surface area contributed by atoms with Gasteiger partial charge in [0.25, 0.3) is 0 Å². The number of guanidine groups is 1. The summed E-state index contributed by atoms with van der Waals surface area (Å²) >= 11 is 5.13. The smallest absolute Gasteiger partial charge is 0.188 e. The molecule has 1 aliphatic carbocycles. The molecule has 0 spiro atoms. The molecule has 0 bridgehead atoms. The van der Waals surface area contributed by atoms with Crippen LogP contribution in [0.25, 0.3) is 0 Å². The van der Waals surface area contributed by atoms with Gasteiger partial charge in [0, 0.05) is 11.4 Å². The highest BCUT2D eigenvalue weighted by Gasteiger charge is 2.16. The predicted octanol–water partition coefficient (Wildman–Crippen LogP) is 3.33. The van der Waals surface area contributed by atoms with Crippen LogP contribution in [0, 0.1) is 5.92 Å². The quantitative estimate of drug-likeness (QED) is 0.438. The Morgan fingerprint density at radius 2 is 2.29 bits per heavy atom. The third kappa shape index (κ3) is 5.13. The van der Waals surface area contributed by atoms with Gasteiger partial charge in [-0.1, -0.05) is 6.42 Å². The van der Waals surface area contributed by atoms with Crippen LogP contribution in [0.5, 0.6) is 0 Å². The summed E-state index contributed by atoms with van der Waals surface area (Å²) in [5.41, 5.74) is 5.79. The van der Waals surface area contributed by atoms with Crippen LogP contribution in [0.15, 0.2) is 20.9 Å². The second-order valence-electron chi connectivity index (χ2n) is 4.09. The maximum atomic E-state index is 5.79. The van der Waals surface area contributed by atoms with Crippen molar-refractivity contribution in [2.75, 3.05) is 6.54 Å². The van der Waals surface area contributed by atoms with E-state index in [2.05, 4.69) is 32.3 Å². The molecule has 0 atom stereocenters. The molecule has 3 nitrogen and oxygen atoms in total. The zero-order valence-corrected chi connectivity index (χ0v) is 14.2. The lowest BCUT2D eigenvalue weighted by molar-refractivity contribution is 0.315. The van der Waals surface area contributed by atoms with Crippen LogP contribution in [0.3, 0.4) is 0 Å². The number of hydrogen-bond acceptors (Lipinski definition) is 2. The van der Waals surface area contributed by atoms with E-state index >= 15 is 0 Å². The lowest BCUT2D eigenvalue weighted by Crippen LogP contribution is -2.37. The summed E-state index contributed by atoms with van der Waals surface area (Å²) in [6, 6.07) is 4.10. The molecule has 1 fully saturated rings. The van der Waals surface area contributed by atoms with Gasteiger partial charge in [-0.05, 0) is 46.8 Å². The van der Waals surface area contributed by atoms with Gasteiger partial charge in [-0.15, -0.1) is 35.3 Å². The molecule has 1 heterocycles. The van der Waals surface area contributed by atoms with Crippen molar-refractivity contribution in [1.29, 1.82) is 0 Å². The summed E-state index contributed by atoms with van der Waals surface area (Å²) in [6.45, 7) is 1.64. The normalized spacial score (nSPS) is 16.2. The van der Waals surface area contributed by atoms with Gasteiger partial charge >= 0.3 is 0 Å². The summed E-state index contributed by atoms with van der Waals surface area (Å²) in [7, 11) is 0. The van der Waals surface area contributed by atoms with Crippen molar-refractivity contribution >= 4 is 57.2 Å². The molecule has 96 valence electrons. The standard InChI is InChI=1S/C11H16BrN3S.HI/c12-10-5-4-9(16-10)7-15-11(13)14-6-8-2-1-3-8;/h4-5,8H,1-3,6-7H2,(H3,13,14,15);1H. The highest BCUT2D eigenvalue weighted by Crippen LogP contribution is 2.25. The highest BCUT2D eigenvalue weighted by atomic mass is 127. The number of aliphatic imine (C=N–C) groups is 1. The Hall–Kier alpha value is 0.180.